The van der Waals surface area contributed by atoms with Crippen molar-refractivity contribution in [3.05, 3.63) is 28.8 Å². The number of rotatable bonds is 9. The highest BCUT2D eigenvalue weighted by molar-refractivity contribution is 7.96. The smallest absolute Gasteiger partial charge is 0.398 e. The molecule has 3 aliphatic carbocycles. The Balaban J connectivity index is 1.74. The Morgan fingerprint density at radius 1 is 0.622 bits per heavy atom. The van der Waals surface area contributed by atoms with Gasteiger partial charge in [-0.05, 0) is 73.0 Å². The third kappa shape index (κ3) is 6.37. The molecule has 0 radical (unpaired) electrons. The van der Waals surface area contributed by atoms with E-state index in [2.05, 4.69) is 0 Å². The van der Waals surface area contributed by atoms with Crippen molar-refractivity contribution in [2.45, 2.75) is 130 Å². The molecule has 4 rings (SSSR count). The number of benzene rings is 1. The van der Waals surface area contributed by atoms with Crippen molar-refractivity contribution in [3.8, 4) is 5.75 Å². The maximum Gasteiger partial charge on any atom is 0.398 e. The molecule has 0 amide bonds. The van der Waals surface area contributed by atoms with Gasteiger partial charge in [0.05, 0.1) is 12.0 Å². The molecule has 0 aliphatic heterocycles. The lowest BCUT2D eigenvalue weighted by molar-refractivity contribution is -0.239. The van der Waals surface area contributed by atoms with Crippen LogP contribution in [0, 0.1) is 0 Å². The molecule has 0 bridgehead atoms. The fourth-order valence-electron chi connectivity index (χ4n) is 6.27. The van der Waals surface area contributed by atoms with Crippen LogP contribution in [0.25, 0.3) is 0 Å². The summed E-state index contributed by atoms with van der Waals surface area (Å²) in [4.78, 5) is 0. The van der Waals surface area contributed by atoms with Crippen LogP contribution in [0.1, 0.15) is 131 Å². The molecule has 10 heteroatoms. The van der Waals surface area contributed by atoms with Crippen LogP contribution >= 0.6 is 24.1 Å². The number of hydrogen-bond acceptors (Lipinski definition) is 4. The van der Waals surface area contributed by atoms with Gasteiger partial charge in [-0.1, -0.05) is 69.9 Å². The Kier molecular flexibility index (Phi) is 9.64. The van der Waals surface area contributed by atoms with Gasteiger partial charge in [0, 0.05) is 0 Å². The molecule has 0 unspecified atom stereocenters. The van der Waals surface area contributed by atoms with E-state index in [4.69, 9.17) is 8.74 Å². The van der Waals surface area contributed by atoms with E-state index in [9.17, 15) is 26.3 Å². The van der Waals surface area contributed by atoms with E-state index in [1.807, 2.05) is 12.1 Å². The van der Waals surface area contributed by atoms with E-state index in [1.165, 1.54) is 12.0 Å². The quantitative estimate of drug-likeness (QED) is 0.236. The zero-order valence-electron chi connectivity index (χ0n) is 20.9. The van der Waals surface area contributed by atoms with E-state index in [0.29, 0.717) is 5.92 Å². The van der Waals surface area contributed by atoms with Gasteiger partial charge in [0.2, 0.25) is 0 Å². The number of hydrogen-bond donors (Lipinski definition) is 1. The van der Waals surface area contributed by atoms with Crippen molar-refractivity contribution in [3.63, 3.8) is 0 Å². The number of halogens is 6. The van der Waals surface area contributed by atoms with E-state index in [0.717, 1.165) is 101 Å². The summed E-state index contributed by atoms with van der Waals surface area (Å²) in [6.07, 6.45) is 15.1. The molecule has 3 aliphatic rings. The third-order valence-corrected chi connectivity index (χ3v) is 9.61. The Morgan fingerprint density at radius 2 is 1.03 bits per heavy atom. The maximum absolute atomic E-state index is 14.6. The van der Waals surface area contributed by atoms with Crippen LogP contribution in [0.5, 0.6) is 5.75 Å². The van der Waals surface area contributed by atoms with E-state index in [1.54, 1.807) is 0 Å². The zero-order chi connectivity index (χ0) is 26.7. The third-order valence-electron chi connectivity index (χ3n) is 8.41. The van der Waals surface area contributed by atoms with Gasteiger partial charge in [0.1, 0.15) is 17.8 Å². The fourth-order valence-corrected chi connectivity index (χ4v) is 7.19. The largest absolute Gasteiger partial charge is 0.419 e. The Bertz CT molecular complexity index is 856. The van der Waals surface area contributed by atoms with Crippen molar-refractivity contribution in [1.29, 1.82) is 0 Å². The molecule has 37 heavy (non-hydrogen) atoms. The Hall–Kier alpha value is -0.740. The second-order valence-electron chi connectivity index (χ2n) is 10.9. The summed E-state index contributed by atoms with van der Waals surface area (Å²) in [5.41, 5.74) is 2.69. The average Bonchev–Trinajstić information content (AvgIpc) is 2.92. The summed E-state index contributed by atoms with van der Waals surface area (Å²) in [5, 5.41) is -10.6. The molecule has 3 fully saturated rings. The first-order valence-corrected chi connectivity index (χ1v) is 15.1. The lowest BCUT2D eigenvalue weighted by Crippen LogP contribution is -2.50. The first-order chi connectivity index (χ1) is 17.6. The predicted octanol–water partition coefficient (Wildman–Crippen LogP) is 10.9. The topological polar surface area (TPSA) is 29.5 Å². The van der Waals surface area contributed by atoms with Crippen molar-refractivity contribution in [2.24, 2.45) is 0 Å². The summed E-state index contributed by atoms with van der Waals surface area (Å²) >= 11 is -2.49. The van der Waals surface area contributed by atoms with Crippen LogP contribution in [0.3, 0.4) is 0 Å². The van der Waals surface area contributed by atoms with Gasteiger partial charge in [0.15, 0.2) is 0 Å². The molecule has 0 heterocycles. The Labute approximate surface area is 224 Å². The van der Waals surface area contributed by atoms with Gasteiger partial charge >= 0.3 is 16.4 Å². The molecule has 0 saturated heterocycles. The molecular weight excluding hydrogens is 534 g/mol. The number of alkyl halides is 6. The lowest BCUT2D eigenvalue weighted by atomic mass is 9.75. The highest BCUT2D eigenvalue weighted by atomic mass is 32.2. The molecule has 1 aromatic rings. The molecule has 0 atom stereocenters. The van der Waals surface area contributed by atoms with Gasteiger partial charge in [-0.2, -0.15) is 26.3 Å². The van der Waals surface area contributed by atoms with Crippen molar-refractivity contribution >= 4 is 24.1 Å². The highest BCUT2D eigenvalue weighted by Gasteiger charge is 2.74. The molecule has 3 saturated carbocycles. The van der Waals surface area contributed by atoms with E-state index < -0.39 is 40.5 Å². The van der Waals surface area contributed by atoms with Crippen molar-refractivity contribution < 1.29 is 35.1 Å². The summed E-state index contributed by atoms with van der Waals surface area (Å²) in [6.45, 7) is 0. The standard InChI is InChI=1S/C27H36F6O2S2/c28-25(29,26(30,31)36-34)27(32,33)37-35-24-22(19-12-6-2-7-13-19)16-21(18-10-4-1-5-11-18)17-23(24)20-14-8-3-9-15-20/h16-20,34H,1-15H2. The van der Waals surface area contributed by atoms with E-state index >= 15 is 0 Å². The minimum Gasteiger partial charge on any atom is -0.419 e. The molecule has 2 nitrogen and oxygen atoms in total. The van der Waals surface area contributed by atoms with Gasteiger partial charge in [-0.3, -0.25) is 0 Å². The first-order valence-electron chi connectivity index (χ1n) is 13.6. The molecule has 210 valence electrons. The fraction of sp³-hybridized carbons (Fsp3) is 0.778. The average molecular weight is 571 g/mol. The molecule has 0 spiro atoms. The minimum atomic E-state index is -5.82. The van der Waals surface area contributed by atoms with Crippen molar-refractivity contribution in [1.82, 2.24) is 0 Å². The molecule has 0 aromatic heterocycles. The maximum atomic E-state index is 14.6. The summed E-state index contributed by atoms with van der Waals surface area (Å²) < 4.78 is 98.5. The Morgan fingerprint density at radius 3 is 1.43 bits per heavy atom. The monoisotopic (exact) mass is 570 g/mol. The normalized spacial score (nSPS) is 21.8. The molecule has 1 N–H and O–H groups in total. The van der Waals surface area contributed by atoms with E-state index in [-0.39, 0.29) is 17.6 Å². The summed E-state index contributed by atoms with van der Waals surface area (Å²) in [7, 11) is 0. The SMILES string of the molecule is OSC(F)(F)C(F)(F)C(F)(F)SOc1c(C2CCCCC2)cc(C2CCCCC2)cc1C1CCCCC1. The van der Waals surface area contributed by atoms with Gasteiger partial charge in [0.25, 0.3) is 0 Å². The second kappa shape index (κ2) is 12.2. The molecular formula is C27H36F6O2S2. The van der Waals surface area contributed by atoms with Crippen LogP contribution in [0.15, 0.2) is 12.1 Å². The van der Waals surface area contributed by atoms with Crippen LogP contribution in [0.4, 0.5) is 26.3 Å². The van der Waals surface area contributed by atoms with Crippen LogP contribution in [0.2, 0.25) is 0 Å². The zero-order valence-corrected chi connectivity index (χ0v) is 22.6. The lowest BCUT2D eigenvalue weighted by Gasteiger charge is -2.33. The van der Waals surface area contributed by atoms with Crippen LogP contribution < -0.4 is 4.18 Å². The summed E-state index contributed by atoms with van der Waals surface area (Å²) in [5.74, 6) is -5.18. The minimum absolute atomic E-state index is 0.0544. The van der Waals surface area contributed by atoms with Crippen LogP contribution in [-0.2, 0) is 0 Å². The van der Waals surface area contributed by atoms with Crippen LogP contribution in [-0.4, -0.2) is 21.0 Å². The van der Waals surface area contributed by atoms with Gasteiger partial charge in [-0.25, -0.2) is 0 Å². The summed E-state index contributed by atoms with van der Waals surface area (Å²) in [6, 6.07) is 4.06. The van der Waals surface area contributed by atoms with Gasteiger partial charge < -0.3 is 8.74 Å². The first kappa shape index (κ1) is 29.2. The van der Waals surface area contributed by atoms with Crippen molar-refractivity contribution in [2.75, 3.05) is 0 Å². The second-order valence-corrected chi connectivity index (χ2v) is 12.4. The van der Waals surface area contributed by atoms with Gasteiger partial charge in [-0.15, -0.1) is 0 Å². The predicted molar refractivity (Wildman–Crippen MR) is 137 cm³/mol. The highest BCUT2D eigenvalue weighted by Crippen LogP contribution is 2.56. The molecule has 1 aromatic carbocycles.